The highest BCUT2D eigenvalue weighted by atomic mass is 16.6. The second kappa shape index (κ2) is 7.77. The first-order chi connectivity index (χ1) is 12.5. The molecule has 2 amide bonds. The lowest BCUT2D eigenvalue weighted by atomic mass is 9.96. The molecule has 1 aliphatic heterocycles. The van der Waals surface area contributed by atoms with Crippen molar-refractivity contribution in [3.05, 3.63) is 58.1 Å². The van der Waals surface area contributed by atoms with Gasteiger partial charge in [0.2, 0.25) is 0 Å². The standard InChI is InChI=1S/C17H18N4O5/c22-16(14-1-2-15(26-14)21(24)25)19-11-12-5-9-20(10-6-12)17(23)13-3-7-18-8-4-13/h1-4,7-8,12H,5-6,9-11H2,(H,19,22). The fraction of sp³-hybridized carbons (Fsp3) is 0.353. The molecule has 0 saturated carbocycles. The number of piperidine rings is 1. The van der Waals surface area contributed by atoms with E-state index in [4.69, 9.17) is 4.42 Å². The smallest absolute Gasteiger partial charge is 0.395 e. The molecule has 0 atom stereocenters. The van der Waals surface area contributed by atoms with Crippen molar-refractivity contribution in [1.29, 1.82) is 0 Å². The molecule has 9 heteroatoms. The molecular weight excluding hydrogens is 340 g/mol. The number of carbonyl (C=O) groups is 2. The van der Waals surface area contributed by atoms with Crippen LogP contribution in [0.2, 0.25) is 0 Å². The zero-order chi connectivity index (χ0) is 18.5. The topological polar surface area (TPSA) is 119 Å². The van der Waals surface area contributed by atoms with Crippen molar-refractivity contribution in [3.63, 3.8) is 0 Å². The minimum Gasteiger partial charge on any atom is -0.395 e. The van der Waals surface area contributed by atoms with Crippen molar-refractivity contribution in [3.8, 4) is 0 Å². The zero-order valence-corrected chi connectivity index (χ0v) is 14.0. The summed E-state index contributed by atoms with van der Waals surface area (Å²) in [5.41, 5.74) is 0.617. The molecule has 26 heavy (non-hydrogen) atoms. The van der Waals surface area contributed by atoms with Crippen molar-refractivity contribution < 1.29 is 18.9 Å². The average Bonchev–Trinajstić information content (AvgIpc) is 3.17. The summed E-state index contributed by atoms with van der Waals surface area (Å²) in [6, 6.07) is 5.82. The molecule has 1 aliphatic rings. The van der Waals surface area contributed by atoms with Crippen LogP contribution in [0.3, 0.4) is 0 Å². The quantitative estimate of drug-likeness (QED) is 0.644. The molecule has 0 aliphatic carbocycles. The maximum Gasteiger partial charge on any atom is 0.433 e. The molecule has 1 N–H and O–H groups in total. The van der Waals surface area contributed by atoms with Gasteiger partial charge in [-0.2, -0.15) is 0 Å². The summed E-state index contributed by atoms with van der Waals surface area (Å²) < 4.78 is 4.88. The Morgan fingerprint density at radius 2 is 1.92 bits per heavy atom. The number of nitrogens with one attached hydrogen (secondary N) is 1. The number of pyridine rings is 1. The number of hydrogen-bond acceptors (Lipinski definition) is 6. The number of amides is 2. The van der Waals surface area contributed by atoms with E-state index < -0.39 is 16.7 Å². The predicted molar refractivity (Wildman–Crippen MR) is 90.6 cm³/mol. The van der Waals surface area contributed by atoms with Crippen molar-refractivity contribution in [2.75, 3.05) is 19.6 Å². The van der Waals surface area contributed by atoms with Crippen LogP contribution < -0.4 is 5.32 Å². The first kappa shape index (κ1) is 17.6. The zero-order valence-electron chi connectivity index (χ0n) is 14.0. The van der Waals surface area contributed by atoms with Crippen LogP contribution in [0.15, 0.2) is 41.1 Å². The van der Waals surface area contributed by atoms with Gasteiger partial charge in [-0.3, -0.25) is 24.7 Å². The molecule has 2 aromatic heterocycles. The maximum absolute atomic E-state index is 12.4. The van der Waals surface area contributed by atoms with Crippen LogP contribution in [-0.2, 0) is 0 Å². The van der Waals surface area contributed by atoms with Gasteiger partial charge in [0.1, 0.15) is 4.92 Å². The molecule has 0 bridgehead atoms. The Morgan fingerprint density at radius 3 is 2.54 bits per heavy atom. The molecular formula is C17H18N4O5. The van der Waals surface area contributed by atoms with Crippen molar-refractivity contribution in [2.45, 2.75) is 12.8 Å². The second-order valence-corrected chi connectivity index (χ2v) is 6.08. The molecule has 0 unspecified atom stereocenters. The molecule has 0 spiro atoms. The van der Waals surface area contributed by atoms with Crippen LogP contribution in [0.4, 0.5) is 5.88 Å². The molecule has 9 nitrogen and oxygen atoms in total. The van der Waals surface area contributed by atoms with Crippen molar-refractivity contribution in [2.24, 2.45) is 5.92 Å². The van der Waals surface area contributed by atoms with Gasteiger partial charge in [-0.15, -0.1) is 0 Å². The number of likely N-dealkylation sites (tertiary alicyclic amines) is 1. The third kappa shape index (κ3) is 4.05. The van der Waals surface area contributed by atoms with E-state index in [0.29, 0.717) is 25.2 Å². The van der Waals surface area contributed by atoms with Crippen molar-refractivity contribution in [1.82, 2.24) is 15.2 Å². The monoisotopic (exact) mass is 358 g/mol. The number of furan rings is 1. The summed E-state index contributed by atoms with van der Waals surface area (Å²) in [7, 11) is 0. The SMILES string of the molecule is O=C(NCC1CCN(C(=O)c2ccncc2)CC1)c1ccc([N+](=O)[O-])o1. The lowest BCUT2D eigenvalue weighted by Gasteiger charge is -2.32. The number of rotatable bonds is 5. The maximum atomic E-state index is 12.4. The Bertz CT molecular complexity index is 796. The number of aromatic nitrogens is 1. The van der Waals surface area contributed by atoms with Crippen LogP contribution in [0.5, 0.6) is 0 Å². The van der Waals surface area contributed by atoms with E-state index in [1.165, 1.54) is 6.07 Å². The Morgan fingerprint density at radius 1 is 1.23 bits per heavy atom. The normalized spacial score (nSPS) is 14.8. The van der Waals surface area contributed by atoms with Crippen LogP contribution in [-0.4, -0.2) is 46.3 Å². The van der Waals surface area contributed by atoms with Gasteiger partial charge in [0.05, 0.1) is 6.07 Å². The molecule has 136 valence electrons. The number of nitrogens with zero attached hydrogens (tertiary/aromatic N) is 3. The minimum absolute atomic E-state index is 0.0159. The number of hydrogen-bond donors (Lipinski definition) is 1. The summed E-state index contributed by atoms with van der Waals surface area (Å²) in [6.45, 7) is 1.67. The molecule has 3 heterocycles. The molecule has 3 rings (SSSR count). The summed E-state index contributed by atoms with van der Waals surface area (Å²) in [6.07, 6.45) is 4.73. The van der Waals surface area contributed by atoms with E-state index in [0.717, 1.165) is 18.9 Å². The van der Waals surface area contributed by atoms with Crippen LogP contribution in [0.1, 0.15) is 33.8 Å². The molecule has 0 radical (unpaired) electrons. The largest absolute Gasteiger partial charge is 0.433 e. The fourth-order valence-electron chi connectivity index (χ4n) is 2.89. The van der Waals surface area contributed by atoms with E-state index in [2.05, 4.69) is 10.3 Å². The third-order valence-electron chi connectivity index (χ3n) is 4.38. The summed E-state index contributed by atoms with van der Waals surface area (Å²) >= 11 is 0. The first-order valence-corrected chi connectivity index (χ1v) is 8.26. The van der Waals surface area contributed by atoms with Crippen LogP contribution >= 0.6 is 0 Å². The lowest BCUT2D eigenvalue weighted by molar-refractivity contribution is -0.402. The summed E-state index contributed by atoms with van der Waals surface area (Å²) in [4.78, 5) is 39.9. The van der Waals surface area contributed by atoms with Gasteiger partial charge in [-0.25, -0.2) is 0 Å². The molecule has 1 saturated heterocycles. The van der Waals surface area contributed by atoms with Gasteiger partial charge in [-0.05, 0) is 37.0 Å². The van der Waals surface area contributed by atoms with Gasteiger partial charge in [0.15, 0.2) is 5.76 Å². The van der Waals surface area contributed by atoms with Crippen LogP contribution in [0.25, 0.3) is 0 Å². The Kier molecular flexibility index (Phi) is 5.26. The number of nitro groups is 1. The van der Waals surface area contributed by atoms with E-state index in [-0.39, 0.29) is 17.6 Å². The lowest BCUT2D eigenvalue weighted by Crippen LogP contribution is -2.41. The summed E-state index contributed by atoms with van der Waals surface area (Å²) in [5.74, 6) is -0.795. The van der Waals surface area contributed by atoms with Crippen LogP contribution in [0, 0.1) is 16.0 Å². The highest BCUT2D eigenvalue weighted by molar-refractivity contribution is 5.94. The highest BCUT2D eigenvalue weighted by Crippen LogP contribution is 2.19. The van der Waals surface area contributed by atoms with Gasteiger partial charge >= 0.3 is 5.88 Å². The first-order valence-electron chi connectivity index (χ1n) is 8.26. The second-order valence-electron chi connectivity index (χ2n) is 6.08. The van der Waals surface area contributed by atoms with E-state index in [9.17, 15) is 19.7 Å². The van der Waals surface area contributed by atoms with Gasteiger partial charge in [0, 0.05) is 37.6 Å². The summed E-state index contributed by atoms with van der Waals surface area (Å²) in [5, 5.41) is 13.3. The molecule has 0 aromatic carbocycles. The Hall–Kier alpha value is -3.23. The van der Waals surface area contributed by atoms with Crippen molar-refractivity contribution >= 4 is 17.7 Å². The van der Waals surface area contributed by atoms with Gasteiger partial charge in [0.25, 0.3) is 11.8 Å². The Labute approximate surface area is 149 Å². The predicted octanol–water partition coefficient (Wildman–Crippen LogP) is 1.86. The fourth-order valence-corrected chi connectivity index (χ4v) is 2.89. The average molecular weight is 358 g/mol. The van der Waals surface area contributed by atoms with E-state index in [1.54, 1.807) is 29.4 Å². The number of carbonyl (C=O) groups excluding carboxylic acids is 2. The van der Waals surface area contributed by atoms with Gasteiger partial charge in [-0.1, -0.05) is 0 Å². The highest BCUT2D eigenvalue weighted by Gasteiger charge is 2.24. The van der Waals surface area contributed by atoms with E-state index in [1.807, 2.05) is 0 Å². The minimum atomic E-state index is -0.688. The Balaban J connectivity index is 1.46. The molecule has 1 fully saturated rings. The van der Waals surface area contributed by atoms with E-state index >= 15 is 0 Å². The third-order valence-corrected chi connectivity index (χ3v) is 4.38. The molecule has 2 aromatic rings. The van der Waals surface area contributed by atoms with Gasteiger partial charge < -0.3 is 14.6 Å².